The Morgan fingerprint density at radius 1 is 1.12 bits per heavy atom. The van der Waals surface area contributed by atoms with Gasteiger partial charge in [-0.25, -0.2) is 9.97 Å². The average molecular weight is 343 g/mol. The summed E-state index contributed by atoms with van der Waals surface area (Å²) in [5, 5.41) is 0. The molecule has 24 heavy (non-hydrogen) atoms. The zero-order chi connectivity index (χ0) is 16.4. The molecule has 1 aliphatic heterocycles. The van der Waals surface area contributed by atoms with Gasteiger partial charge in [-0.3, -0.25) is 0 Å². The van der Waals surface area contributed by atoms with Gasteiger partial charge in [0, 0.05) is 49.9 Å². The van der Waals surface area contributed by atoms with Gasteiger partial charge in [0.25, 0.3) is 0 Å². The largest absolute Gasteiger partial charge is 0.357 e. The van der Waals surface area contributed by atoms with Gasteiger partial charge in [0.05, 0.1) is 0 Å². The van der Waals surface area contributed by atoms with Crippen LogP contribution in [-0.2, 0) is 12.3 Å². The predicted octanol–water partition coefficient (Wildman–Crippen LogP) is 3.94. The summed E-state index contributed by atoms with van der Waals surface area (Å²) in [6.45, 7) is 3.33. The summed E-state index contributed by atoms with van der Waals surface area (Å²) in [5.74, 6) is 4.98. The van der Waals surface area contributed by atoms with Gasteiger partial charge in [-0.1, -0.05) is 6.07 Å². The summed E-state index contributed by atoms with van der Waals surface area (Å²) in [7, 11) is 0. The second-order valence-electron chi connectivity index (χ2n) is 7.10. The van der Waals surface area contributed by atoms with E-state index in [0.717, 1.165) is 30.6 Å². The van der Waals surface area contributed by atoms with Crippen LogP contribution in [0.1, 0.15) is 43.0 Å². The monoisotopic (exact) mass is 342 g/mol. The average Bonchev–Trinajstić information content (AvgIpc) is 3.32. The number of thioether (sulfide) groups is 1. The van der Waals surface area contributed by atoms with E-state index in [2.05, 4.69) is 44.0 Å². The van der Waals surface area contributed by atoms with Crippen LogP contribution in [0.5, 0.6) is 0 Å². The van der Waals surface area contributed by atoms with Crippen LogP contribution in [0.25, 0.3) is 0 Å². The van der Waals surface area contributed by atoms with E-state index in [1.807, 2.05) is 24.2 Å². The highest BCUT2D eigenvalue weighted by Crippen LogP contribution is 2.34. The van der Waals surface area contributed by atoms with Crippen molar-refractivity contribution in [3.05, 3.63) is 42.1 Å². The molecule has 2 aromatic rings. The Morgan fingerprint density at radius 3 is 2.62 bits per heavy atom. The fourth-order valence-corrected chi connectivity index (χ4v) is 4.14. The molecule has 4 nitrogen and oxygen atoms in total. The van der Waals surface area contributed by atoms with Gasteiger partial charge in [0.2, 0.25) is 0 Å². The van der Waals surface area contributed by atoms with Crippen LogP contribution < -0.4 is 4.90 Å². The van der Waals surface area contributed by atoms with E-state index in [9.17, 15) is 0 Å². The Labute approximate surface area is 148 Å². The first-order valence-corrected chi connectivity index (χ1v) is 10.4. The van der Waals surface area contributed by atoms with E-state index >= 15 is 0 Å². The van der Waals surface area contributed by atoms with Gasteiger partial charge in [-0.05, 0) is 49.5 Å². The molecule has 4 rings (SSSR count). The molecule has 0 N–H and O–H groups in total. The maximum Gasteiger partial charge on any atom is 0.128 e. The zero-order valence-electron chi connectivity index (χ0n) is 14.4. The van der Waals surface area contributed by atoms with Gasteiger partial charge >= 0.3 is 0 Å². The molecule has 0 amide bonds. The van der Waals surface area contributed by atoms with Crippen LogP contribution in [0.3, 0.4) is 0 Å². The number of rotatable bonds is 6. The molecule has 0 spiro atoms. The molecule has 0 radical (unpaired) electrons. The van der Waals surface area contributed by atoms with Crippen molar-refractivity contribution in [3.8, 4) is 0 Å². The van der Waals surface area contributed by atoms with Crippen LogP contribution in [-0.4, -0.2) is 33.9 Å². The second-order valence-corrected chi connectivity index (χ2v) is 7.97. The Balaban J connectivity index is 1.37. The maximum absolute atomic E-state index is 4.68. The van der Waals surface area contributed by atoms with Crippen LogP contribution in [0.15, 0.2) is 30.7 Å². The van der Waals surface area contributed by atoms with Gasteiger partial charge in [-0.2, -0.15) is 11.8 Å². The number of imidazole rings is 1. The van der Waals surface area contributed by atoms with E-state index in [1.54, 1.807) is 0 Å². The van der Waals surface area contributed by atoms with Crippen LogP contribution in [0.4, 0.5) is 5.82 Å². The SMILES string of the molecule is CSCc1ccc(N2CCC(c3nccn3CC3CC3)CC2)nc1. The molecule has 5 heteroatoms. The van der Waals surface area contributed by atoms with Crippen LogP contribution in [0, 0.1) is 5.92 Å². The van der Waals surface area contributed by atoms with E-state index in [4.69, 9.17) is 0 Å². The number of anilines is 1. The molecule has 3 heterocycles. The molecule has 0 aromatic carbocycles. The summed E-state index contributed by atoms with van der Waals surface area (Å²) >= 11 is 1.84. The first-order chi connectivity index (χ1) is 11.8. The Morgan fingerprint density at radius 2 is 1.96 bits per heavy atom. The number of hydrogen-bond donors (Lipinski definition) is 0. The third-order valence-corrected chi connectivity index (χ3v) is 5.83. The predicted molar refractivity (Wildman–Crippen MR) is 101 cm³/mol. The third-order valence-electron chi connectivity index (χ3n) is 5.20. The summed E-state index contributed by atoms with van der Waals surface area (Å²) in [6.07, 6.45) is 13.5. The van der Waals surface area contributed by atoms with Crippen molar-refractivity contribution in [1.82, 2.24) is 14.5 Å². The lowest BCUT2D eigenvalue weighted by molar-refractivity contribution is 0.456. The Kier molecular flexibility index (Phi) is 4.79. The van der Waals surface area contributed by atoms with Crippen LogP contribution in [0.2, 0.25) is 0 Å². The fourth-order valence-electron chi connectivity index (χ4n) is 3.64. The van der Waals surface area contributed by atoms with E-state index < -0.39 is 0 Å². The highest BCUT2D eigenvalue weighted by Gasteiger charge is 2.27. The topological polar surface area (TPSA) is 34.0 Å². The minimum absolute atomic E-state index is 0.603. The molecule has 1 aliphatic carbocycles. The summed E-state index contributed by atoms with van der Waals surface area (Å²) in [5.41, 5.74) is 1.31. The van der Waals surface area contributed by atoms with Gasteiger partial charge in [0.1, 0.15) is 11.6 Å². The summed E-state index contributed by atoms with van der Waals surface area (Å²) in [4.78, 5) is 11.8. The second kappa shape index (κ2) is 7.18. The molecular weight excluding hydrogens is 316 g/mol. The van der Waals surface area contributed by atoms with Crippen LogP contribution >= 0.6 is 11.8 Å². The molecule has 0 unspecified atom stereocenters. The van der Waals surface area contributed by atoms with Gasteiger partial charge < -0.3 is 9.47 Å². The van der Waals surface area contributed by atoms with Crippen molar-refractivity contribution < 1.29 is 0 Å². The highest BCUT2D eigenvalue weighted by atomic mass is 32.2. The molecule has 2 aromatic heterocycles. The van der Waals surface area contributed by atoms with Crippen molar-refractivity contribution in [2.75, 3.05) is 24.2 Å². The zero-order valence-corrected chi connectivity index (χ0v) is 15.2. The van der Waals surface area contributed by atoms with Crippen molar-refractivity contribution in [2.24, 2.45) is 5.92 Å². The number of nitrogens with zero attached hydrogens (tertiary/aromatic N) is 4. The lowest BCUT2D eigenvalue weighted by Gasteiger charge is -2.32. The maximum atomic E-state index is 4.68. The Hall–Kier alpha value is -1.49. The van der Waals surface area contributed by atoms with Gasteiger partial charge in [0.15, 0.2) is 0 Å². The molecule has 0 atom stereocenters. The number of aromatic nitrogens is 3. The summed E-state index contributed by atoms with van der Waals surface area (Å²) < 4.78 is 2.41. The number of hydrogen-bond acceptors (Lipinski definition) is 4. The minimum atomic E-state index is 0.603. The van der Waals surface area contributed by atoms with Crippen molar-refractivity contribution in [1.29, 1.82) is 0 Å². The standard InChI is InChI=1S/C19H26N4S/c1-24-14-16-4-5-18(21-12-16)22-9-6-17(7-10-22)19-20-8-11-23(19)13-15-2-3-15/h4-5,8,11-12,15,17H,2-3,6-7,9-10,13-14H2,1H3. The normalized spacial score (nSPS) is 19.0. The van der Waals surface area contributed by atoms with Crippen molar-refractivity contribution in [3.63, 3.8) is 0 Å². The van der Waals surface area contributed by atoms with E-state index in [-0.39, 0.29) is 0 Å². The molecule has 2 aliphatic rings. The fraction of sp³-hybridized carbons (Fsp3) is 0.579. The molecule has 128 valence electrons. The molecule has 1 saturated carbocycles. The lowest BCUT2D eigenvalue weighted by atomic mass is 9.95. The van der Waals surface area contributed by atoms with Gasteiger partial charge in [-0.15, -0.1) is 0 Å². The number of piperidine rings is 1. The first-order valence-electron chi connectivity index (χ1n) is 9.03. The van der Waals surface area contributed by atoms with Crippen molar-refractivity contribution >= 4 is 17.6 Å². The molecule has 1 saturated heterocycles. The molecule has 2 fully saturated rings. The lowest BCUT2D eigenvalue weighted by Crippen LogP contribution is -2.34. The number of pyridine rings is 1. The Bertz CT molecular complexity index is 654. The third kappa shape index (κ3) is 3.61. The molecule has 0 bridgehead atoms. The molecular formula is C19H26N4S. The first kappa shape index (κ1) is 16.0. The minimum Gasteiger partial charge on any atom is -0.357 e. The van der Waals surface area contributed by atoms with Crippen molar-refractivity contribution in [2.45, 2.75) is 43.9 Å². The summed E-state index contributed by atoms with van der Waals surface area (Å²) in [6, 6.07) is 4.40. The smallest absolute Gasteiger partial charge is 0.128 e. The van der Waals surface area contributed by atoms with E-state index in [0.29, 0.717) is 5.92 Å². The quantitative estimate of drug-likeness (QED) is 0.796. The highest BCUT2D eigenvalue weighted by molar-refractivity contribution is 7.97. The van der Waals surface area contributed by atoms with E-state index in [1.165, 1.54) is 43.6 Å².